The van der Waals surface area contributed by atoms with Gasteiger partial charge in [-0.15, -0.1) is 0 Å². The van der Waals surface area contributed by atoms with Crippen LogP contribution in [0.5, 0.6) is 0 Å². The van der Waals surface area contributed by atoms with Crippen LogP contribution in [0.3, 0.4) is 0 Å². The lowest BCUT2D eigenvalue weighted by atomic mass is 9.86. The van der Waals surface area contributed by atoms with Crippen molar-refractivity contribution in [1.82, 2.24) is 0 Å². The van der Waals surface area contributed by atoms with Gasteiger partial charge in [-0.2, -0.15) is 0 Å². The third kappa shape index (κ3) is 0.968. The third-order valence-electron chi connectivity index (χ3n) is 2.84. The molecule has 0 heterocycles. The van der Waals surface area contributed by atoms with Crippen molar-refractivity contribution in [2.75, 3.05) is 0 Å². The van der Waals surface area contributed by atoms with Gasteiger partial charge in [0.2, 0.25) is 0 Å². The topological polar surface area (TPSA) is 26.0 Å². The van der Waals surface area contributed by atoms with E-state index in [1.54, 1.807) is 0 Å². The highest BCUT2D eigenvalue weighted by atomic mass is 14.9. The molecule has 1 fully saturated rings. The molecular weight excluding hydrogens is 122 g/mol. The minimum atomic E-state index is 0.387. The van der Waals surface area contributed by atoms with Crippen LogP contribution in [0.1, 0.15) is 34.6 Å². The first-order valence-electron chi connectivity index (χ1n) is 4.03. The number of rotatable bonds is 0. The first-order chi connectivity index (χ1) is 4.28. The Morgan fingerprint density at radius 2 is 1.50 bits per heavy atom. The van der Waals surface area contributed by atoms with E-state index >= 15 is 0 Å². The Morgan fingerprint density at radius 3 is 1.50 bits per heavy atom. The molecule has 1 nitrogen and oxygen atoms in total. The van der Waals surface area contributed by atoms with Crippen LogP contribution < -0.4 is 5.73 Å². The van der Waals surface area contributed by atoms with E-state index in [9.17, 15) is 0 Å². The maximum atomic E-state index is 5.93. The Morgan fingerprint density at radius 1 is 1.20 bits per heavy atom. The SMILES string of the molecule is CC(C)(C)C1C(N)C1(C)C. The van der Waals surface area contributed by atoms with Gasteiger partial charge in [-0.1, -0.05) is 34.6 Å². The van der Waals surface area contributed by atoms with Gasteiger partial charge in [0.1, 0.15) is 0 Å². The molecule has 0 aromatic carbocycles. The summed E-state index contributed by atoms with van der Waals surface area (Å²) in [6.07, 6.45) is 0. The summed E-state index contributed by atoms with van der Waals surface area (Å²) in [5, 5.41) is 0. The van der Waals surface area contributed by atoms with Crippen LogP contribution in [-0.2, 0) is 0 Å². The summed E-state index contributed by atoms with van der Waals surface area (Å²) < 4.78 is 0. The molecule has 1 rings (SSSR count). The Kier molecular flexibility index (Phi) is 1.42. The molecule has 1 aliphatic carbocycles. The van der Waals surface area contributed by atoms with E-state index in [4.69, 9.17) is 5.73 Å². The second-order valence-corrected chi connectivity index (χ2v) is 5.19. The van der Waals surface area contributed by atoms with Gasteiger partial charge in [-0.25, -0.2) is 0 Å². The van der Waals surface area contributed by atoms with Crippen molar-refractivity contribution in [3.05, 3.63) is 0 Å². The summed E-state index contributed by atoms with van der Waals surface area (Å²) in [4.78, 5) is 0. The van der Waals surface area contributed by atoms with Crippen LogP contribution >= 0.6 is 0 Å². The van der Waals surface area contributed by atoms with Gasteiger partial charge < -0.3 is 5.73 Å². The second-order valence-electron chi connectivity index (χ2n) is 5.19. The molecule has 2 N–H and O–H groups in total. The zero-order valence-electron chi connectivity index (χ0n) is 7.73. The first kappa shape index (κ1) is 8.06. The fourth-order valence-corrected chi connectivity index (χ4v) is 2.33. The molecular formula is C9H19N. The zero-order valence-corrected chi connectivity index (χ0v) is 7.73. The van der Waals surface area contributed by atoms with Crippen LogP contribution in [0.2, 0.25) is 0 Å². The predicted molar refractivity (Wildman–Crippen MR) is 44.7 cm³/mol. The Bertz CT molecular complexity index is 131. The second kappa shape index (κ2) is 1.76. The van der Waals surface area contributed by atoms with Gasteiger partial charge >= 0.3 is 0 Å². The molecule has 0 aliphatic heterocycles. The normalized spacial score (nSPS) is 37.8. The molecule has 1 saturated carbocycles. The lowest BCUT2D eigenvalue weighted by Crippen LogP contribution is -2.15. The van der Waals surface area contributed by atoms with Gasteiger partial charge in [0, 0.05) is 6.04 Å². The van der Waals surface area contributed by atoms with Crippen molar-refractivity contribution in [3.8, 4) is 0 Å². The molecule has 2 unspecified atom stereocenters. The minimum absolute atomic E-state index is 0.387. The van der Waals surface area contributed by atoms with Crippen molar-refractivity contribution in [1.29, 1.82) is 0 Å². The molecule has 0 aromatic rings. The summed E-state index contributed by atoms with van der Waals surface area (Å²) in [6, 6.07) is 0.424. The smallest absolute Gasteiger partial charge is 0.0133 e. The third-order valence-corrected chi connectivity index (χ3v) is 2.84. The molecule has 0 amide bonds. The standard InChI is InChI=1S/C9H19N/c1-8(2,3)6-7(10)9(6,4)5/h6-7H,10H2,1-5H3. The van der Waals surface area contributed by atoms with E-state index in [2.05, 4.69) is 34.6 Å². The van der Waals surface area contributed by atoms with Crippen LogP contribution in [0.15, 0.2) is 0 Å². The highest BCUT2D eigenvalue weighted by Crippen LogP contribution is 2.58. The van der Waals surface area contributed by atoms with Crippen molar-refractivity contribution in [3.63, 3.8) is 0 Å². The summed E-state index contributed by atoms with van der Waals surface area (Å²) in [5.74, 6) is 0.708. The van der Waals surface area contributed by atoms with E-state index in [1.807, 2.05) is 0 Å². The number of hydrogen-bond acceptors (Lipinski definition) is 1. The highest BCUT2D eigenvalue weighted by molar-refractivity contribution is 5.12. The maximum absolute atomic E-state index is 5.93. The summed E-state index contributed by atoms with van der Waals surface area (Å²) in [5.41, 5.74) is 6.71. The molecule has 1 aliphatic rings. The molecule has 2 atom stereocenters. The fraction of sp³-hybridized carbons (Fsp3) is 1.00. The molecule has 0 aromatic heterocycles. The molecule has 0 spiro atoms. The van der Waals surface area contributed by atoms with Gasteiger partial charge in [0.05, 0.1) is 0 Å². The van der Waals surface area contributed by atoms with Crippen molar-refractivity contribution < 1.29 is 0 Å². The van der Waals surface area contributed by atoms with Crippen LogP contribution in [0.25, 0.3) is 0 Å². The van der Waals surface area contributed by atoms with Crippen LogP contribution in [0, 0.1) is 16.7 Å². The van der Waals surface area contributed by atoms with E-state index in [-0.39, 0.29) is 0 Å². The number of nitrogens with two attached hydrogens (primary N) is 1. The molecule has 0 bridgehead atoms. The average Bonchev–Trinajstić information content (AvgIpc) is 2.03. The monoisotopic (exact) mass is 141 g/mol. The molecule has 60 valence electrons. The van der Waals surface area contributed by atoms with Gasteiger partial charge in [0.25, 0.3) is 0 Å². The largest absolute Gasteiger partial charge is 0.327 e. The quantitative estimate of drug-likeness (QED) is 0.548. The first-order valence-corrected chi connectivity index (χ1v) is 4.03. The average molecular weight is 141 g/mol. The van der Waals surface area contributed by atoms with Crippen LogP contribution in [0.4, 0.5) is 0 Å². The minimum Gasteiger partial charge on any atom is -0.327 e. The van der Waals surface area contributed by atoms with E-state index in [1.165, 1.54) is 0 Å². The predicted octanol–water partition coefficient (Wildman–Crippen LogP) is 2.02. The summed E-state index contributed by atoms with van der Waals surface area (Å²) in [7, 11) is 0. The molecule has 1 heteroatoms. The van der Waals surface area contributed by atoms with Crippen molar-refractivity contribution in [2.45, 2.75) is 40.7 Å². The van der Waals surface area contributed by atoms with E-state index in [0.717, 1.165) is 0 Å². The van der Waals surface area contributed by atoms with Gasteiger partial charge in [-0.3, -0.25) is 0 Å². The van der Waals surface area contributed by atoms with Gasteiger partial charge in [-0.05, 0) is 16.7 Å². The highest BCUT2D eigenvalue weighted by Gasteiger charge is 2.60. The Labute approximate surface area is 64.0 Å². The van der Waals surface area contributed by atoms with Crippen LogP contribution in [-0.4, -0.2) is 6.04 Å². The summed E-state index contributed by atoms with van der Waals surface area (Å²) in [6.45, 7) is 11.3. The molecule has 0 saturated heterocycles. The lowest BCUT2D eigenvalue weighted by Gasteiger charge is -2.19. The maximum Gasteiger partial charge on any atom is 0.0133 e. The molecule has 10 heavy (non-hydrogen) atoms. The lowest BCUT2D eigenvalue weighted by molar-refractivity contribution is 0.299. The van der Waals surface area contributed by atoms with Gasteiger partial charge in [0.15, 0.2) is 0 Å². The molecule has 0 radical (unpaired) electrons. The van der Waals surface area contributed by atoms with E-state index in [0.29, 0.717) is 22.8 Å². The Hall–Kier alpha value is -0.0400. The van der Waals surface area contributed by atoms with Crippen molar-refractivity contribution in [2.24, 2.45) is 22.5 Å². The van der Waals surface area contributed by atoms with E-state index < -0.39 is 0 Å². The zero-order chi connectivity index (χ0) is 8.15. The van der Waals surface area contributed by atoms with Crippen molar-refractivity contribution >= 4 is 0 Å². The fourth-order valence-electron chi connectivity index (χ4n) is 2.33. The Balaban J connectivity index is 2.66. The number of hydrogen-bond donors (Lipinski definition) is 1. The summed E-state index contributed by atoms with van der Waals surface area (Å²) >= 11 is 0.